The van der Waals surface area contributed by atoms with Crippen LogP contribution in [0, 0.1) is 11.3 Å². The SMILES string of the molecule is CCC1(C)C=CC(C(=O)O)=C(c2cccnc2)C1C(=O)O. The summed E-state index contributed by atoms with van der Waals surface area (Å²) in [5, 5.41) is 19.0. The van der Waals surface area contributed by atoms with E-state index >= 15 is 0 Å². The Morgan fingerprint density at radius 1 is 1.38 bits per heavy atom. The Balaban J connectivity index is 2.73. The summed E-state index contributed by atoms with van der Waals surface area (Å²) in [4.78, 5) is 27.3. The zero-order valence-electron chi connectivity index (χ0n) is 11.9. The van der Waals surface area contributed by atoms with Crippen molar-refractivity contribution in [1.82, 2.24) is 4.98 Å². The van der Waals surface area contributed by atoms with Gasteiger partial charge in [-0.25, -0.2) is 4.79 Å². The van der Waals surface area contributed by atoms with Crippen molar-refractivity contribution < 1.29 is 19.8 Å². The number of carbonyl (C=O) groups is 2. The molecule has 1 aliphatic rings. The maximum Gasteiger partial charge on any atom is 0.336 e. The number of hydrogen-bond donors (Lipinski definition) is 2. The second-order valence-electron chi connectivity index (χ2n) is 5.34. The molecule has 2 unspecified atom stereocenters. The van der Waals surface area contributed by atoms with Gasteiger partial charge in [0, 0.05) is 17.8 Å². The average Bonchev–Trinajstić information content (AvgIpc) is 2.47. The highest BCUT2D eigenvalue weighted by atomic mass is 16.4. The van der Waals surface area contributed by atoms with Crippen LogP contribution in [0.15, 0.2) is 42.3 Å². The van der Waals surface area contributed by atoms with Gasteiger partial charge in [-0.1, -0.05) is 32.1 Å². The van der Waals surface area contributed by atoms with Crippen molar-refractivity contribution in [2.75, 3.05) is 0 Å². The van der Waals surface area contributed by atoms with Crippen molar-refractivity contribution in [2.45, 2.75) is 20.3 Å². The number of carboxylic acid groups (broad SMARTS) is 2. The molecule has 5 heteroatoms. The molecule has 21 heavy (non-hydrogen) atoms. The lowest BCUT2D eigenvalue weighted by atomic mass is 9.66. The fourth-order valence-electron chi connectivity index (χ4n) is 2.70. The maximum atomic E-state index is 11.8. The van der Waals surface area contributed by atoms with E-state index in [9.17, 15) is 19.8 Å². The highest BCUT2D eigenvalue weighted by molar-refractivity contribution is 6.04. The van der Waals surface area contributed by atoms with Crippen LogP contribution in [0.3, 0.4) is 0 Å². The Labute approximate surface area is 122 Å². The molecule has 0 aromatic carbocycles. The second kappa shape index (κ2) is 5.52. The van der Waals surface area contributed by atoms with Crippen LogP contribution < -0.4 is 0 Å². The predicted molar refractivity (Wildman–Crippen MR) is 77.5 cm³/mol. The summed E-state index contributed by atoms with van der Waals surface area (Å²) < 4.78 is 0. The number of nitrogens with zero attached hydrogens (tertiary/aromatic N) is 1. The van der Waals surface area contributed by atoms with Gasteiger partial charge in [0.25, 0.3) is 0 Å². The summed E-state index contributed by atoms with van der Waals surface area (Å²) in [6.45, 7) is 3.73. The molecule has 1 aromatic heterocycles. The molecule has 2 N–H and O–H groups in total. The van der Waals surface area contributed by atoms with Gasteiger partial charge in [0.15, 0.2) is 0 Å². The van der Waals surface area contributed by atoms with Crippen LogP contribution in [0.5, 0.6) is 0 Å². The van der Waals surface area contributed by atoms with E-state index in [4.69, 9.17) is 0 Å². The molecule has 1 aliphatic carbocycles. The summed E-state index contributed by atoms with van der Waals surface area (Å²) >= 11 is 0. The van der Waals surface area contributed by atoms with Crippen LogP contribution in [0.25, 0.3) is 5.57 Å². The third-order valence-electron chi connectivity index (χ3n) is 4.08. The average molecular weight is 287 g/mol. The first-order valence-corrected chi connectivity index (χ1v) is 6.70. The van der Waals surface area contributed by atoms with Gasteiger partial charge in [-0.05, 0) is 23.6 Å². The monoisotopic (exact) mass is 287 g/mol. The summed E-state index contributed by atoms with van der Waals surface area (Å²) in [5.74, 6) is -3.07. The number of rotatable bonds is 4. The van der Waals surface area contributed by atoms with E-state index in [1.807, 2.05) is 13.8 Å². The van der Waals surface area contributed by atoms with Crippen LogP contribution >= 0.6 is 0 Å². The zero-order valence-corrected chi connectivity index (χ0v) is 11.9. The lowest BCUT2D eigenvalue weighted by Gasteiger charge is -2.36. The molecule has 0 bridgehead atoms. The van der Waals surface area contributed by atoms with E-state index in [-0.39, 0.29) is 5.57 Å². The molecule has 1 heterocycles. The van der Waals surface area contributed by atoms with Crippen LogP contribution in [0.4, 0.5) is 0 Å². The molecule has 2 atom stereocenters. The molecule has 2 rings (SSSR count). The highest BCUT2D eigenvalue weighted by Crippen LogP contribution is 2.46. The first kappa shape index (κ1) is 15.0. The summed E-state index contributed by atoms with van der Waals surface area (Å²) in [5.41, 5.74) is 0.235. The fraction of sp³-hybridized carbons (Fsp3) is 0.312. The van der Waals surface area contributed by atoms with Gasteiger partial charge in [0.05, 0.1) is 11.5 Å². The molecule has 5 nitrogen and oxygen atoms in total. The lowest BCUT2D eigenvalue weighted by molar-refractivity contribution is -0.142. The van der Waals surface area contributed by atoms with Crippen LogP contribution in [0.2, 0.25) is 0 Å². The smallest absolute Gasteiger partial charge is 0.336 e. The highest BCUT2D eigenvalue weighted by Gasteiger charge is 2.43. The second-order valence-corrected chi connectivity index (χ2v) is 5.34. The number of pyridine rings is 1. The minimum Gasteiger partial charge on any atom is -0.481 e. The summed E-state index contributed by atoms with van der Waals surface area (Å²) in [6.07, 6.45) is 6.86. The topological polar surface area (TPSA) is 87.5 Å². The normalized spacial score (nSPS) is 25.0. The minimum atomic E-state index is -1.13. The van der Waals surface area contributed by atoms with Gasteiger partial charge < -0.3 is 10.2 Å². The van der Waals surface area contributed by atoms with Crippen molar-refractivity contribution in [3.8, 4) is 0 Å². The molecular formula is C16H17NO4. The molecule has 0 aliphatic heterocycles. The Morgan fingerprint density at radius 2 is 2.10 bits per heavy atom. The van der Waals surface area contributed by atoms with E-state index < -0.39 is 23.3 Å². The van der Waals surface area contributed by atoms with Crippen LogP contribution in [0.1, 0.15) is 25.8 Å². The van der Waals surface area contributed by atoms with E-state index in [2.05, 4.69) is 4.98 Å². The predicted octanol–water partition coefficient (Wildman–Crippen LogP) is 2.61. The molecule has 0 amide bonds. The van der Waals surface area contributed by atoms with Gasteiger partial charge in [-0.15, -0.1) is 0 Å². The number of allylic oxidation sites excluding steroid dienone is 1. The van der Waals surface area contributed by atoms with Crippen LogP contribution in [-0.4, -0.2) is 27.1 Å². The first-order chi connectivity index (χ1) is 9.90. The Morgan fingerprint density at radius 3 is 2.57 bits per heavy atom. The molecule has 0 saturated carbocycles. The van der Waals surface area contributed by atoms with Gasteiger partial charge >= 0.3 is 11.9 Å². The molecule has 0 saturated heterocycles. The molecule has 0 fully saturated rings. The van der Waals surface area contributed by atoms with E-state index in [0.29, 0.717) is 17.6 Å². The molecule has 1 aromatic rings. The van der Waals surface area contributed by atoms with E-state index in [1.54, 1.807) is 24.4 Å². The van der Waals surface area contributed by atoms with Crippen molar-refractivity contribution >= 4 is 17.5 Å². The lowest BCUT2D eigenvalue weighted by Crippen LogP contribution is -2.35. The largest absolute Gasteiger partial charge is 0.481 e. The number of aliphatic carboxylic acids is 2. The number of hydrogen-bond acceptors (Lipinski definition) is 3. The van der Waals surface area contributed by atoms with Gasteiger partial charge in [0.2, 0.25) is 0 Å². The molecule has 0 spiro atoms. The first-order valence-electron chi connectivity index (χ1n) is 6.70. The van der Waals surface area contributed by atoms with E-state index in [1.165, 1.54) is 12.3 Å². The van der Waals surface area contributed by atoms with Gasteiger partial charge in [-0.3, -0.25) is 9.78 Å². The summed E-state index contributed by atoms with van der Waals surface area (Å²) in [7, 11) is 0. The maximum absolute atomic E-state index is 11.8. The minimum absolute atomic E-state index is 0.0151. The quantitative estimate of drug-likeness (QED) is 0.888. The van der Waals surface area contributed by atoms with Crippen molar-refractivity contribution in [1.29, 1.82) is 0 Å². The Hall–Kier alpha value is -2.43. The third kappa shape index (κ3) is 2.59. The molecule has 0 radical (unpaired) electrons. The standard InChI is InChI=1S/C16H17NO4/c1-3-16(2)7-6-11(14(18)19)12(13(16)15(20)21)10-5-4-8-17-9-10/h4-9,13H,3H2,1-2H3,(H,18,19)(H,20,21). The summed E-state index contributed by atoms with van der Waals surface area (Å²) in [6, 6.07) is 3.36. The van der Waals surface area contributed by atoms with Gasteiger partial charge in [0.1, 0.15) is 0 Å². The zero-order chi connectivity index (χ0) is 15.6. The third-order valence-corrected chi connectivity index (χ3v) is 4.08. The fourth-order valence-corrected chi connectivity index (χ4v) is 2.70. The van der Waals surface area contributed by atoms with Gasteiger partial charge in [-0.2, -0.15) is 0 Å². The van der Waals surface area contributed by atoms with Crippen LogP contribution in [-0.2, 0) is 9.59 Å². The number of carboxylic acids is 2. The molecular weight excluding hydrogens is 270 g/mol. The van der Waals surface area contributed by atoms with E-state index in [0.717, 1.165) is 0 Å². The van der Waals surface area contributed by atoms with Crippen molar-refractivity contribution in [3.63, 3.8) is 0 Å². The number of aromatic nitrogens is 1. The molecule has 110 valence electrons. The van der Waals surface area contributed by atoms with Crippen molar-refractivity contribution in [2.24, 2.45) is 11.3 Å². The van der Waals surface area contributed by atoms with Crippen molar-refractivity contribution in [3.05, 3.63) is 47.8 Å². The Kier molecular flexibility index (Phi) is 3.93. The Bertz CT molecular complexity index is 633.